The fourth-order valence-corrected chi connectivity index (χ4v) is 2.87. The summed E-state index contributed by atoms with van der Waals surface area (Å²) in [5.74, 6) is 1.66. The molecule has 1 heterocycles. The maximum absolute atomic E-state index is 6.13. The van der Waals surface area contributed by atoms with E-state index in [1.807, 2.05) is 18.2 Å². The molecule has 0 saturated heterocycles. The lowest BCUT2D eigenvalue weighted by Gasteiger charge is -2.13. The number of halogens is 1. The van der Waals surface area contributed by atoms with Gasteiger partial charge < -0.3 is 10.3 Å². The molecule has 1 atom stereocenters. The zero-order valence-corrected chi connectivity index (χ0v) is 12.0. The number of fused-ring (bicyclic) bond motifs is 1. The lowest BCUT2D eigenvalue weighted by Crippen LogP contribution is -2.08. The molecule has 0 bridgehead atoms. The molecule has 1 aliphatic rings. The molecule has 0 radical (unpaired) electrons. The first-order valence-corrected chi connectivity index (χ1v) is 7.46. The second kappa shape index (κ2) is 5.14. The number of nitrogens with zero attached hydrogens (tertiary/aromatic N) is 2. The maximum Gasteiger partial charge on any atom is 0.112 e. The molecule has 1 unspecified atom stereocenters. The largest absolute Gasteiger partial charge is 0.330 e. The second-order valence-corrected chi connectivity index (χ2v) is 5.97. The van der Waals surface area contributed by atoms with Gasteiger partial charge >= 0.3 is 0 Å². The molecule has 0 amide bonds. The number of aromatic nitrogens is 2. The molecule has 1 fully saturated rings. The van der Waals surface area contributed by atoms with Crippen LogP contribution in [0.1, 0.15) is 50.4 Å². The number of hydrogen-bond acceptors (Lipinski definition) is 2. The van der Waals surface area contributed by atoms with Crippen LogP contribution in [0.5, 0.6) is 0 Å². The van der Waals surface area contributed by atoms with Gasteiger partial charge in [0.15, 0.2) is 0 Å². The predicted molar refractivity (Wildman–Crippen MR) is 79.7 cm³/mol. The number of nitrogens with two attached hydrogens (primary N) is 1. The van der Waals surface area contributed by atoms with E-state index >= 15 is 0 Å². The molecule has 3 nitrogen and oxygen atoms in total. The predicted octanol–water partition coefficient (Wildman–Crippen LogP) is 3.87. The van der Waals surface area contributed by atoms with Gasteiger partial charge in [-0.25, -0.2) is 4.98 Å². The summed E-state index contributed by atoms with van der Waals surface area (Å²) in [5, 5.41) is 0.787. The summed E-state index contributed by atoms with van der Waals surface area (Å²) in [6, 6.07) is 6.61. The normalized spacial score (nSPS) is 17.0. The van der Waals surface area contributed by atoms with Crippen LogP contribution in [0.4, 0.5) is 0 Å². The van der Waals surface area contributed by atoms with Crippen LogP contribution in [0.15, 0.2) is 18.2 Å². The second-order valence-electron chi connectivity index (χ2n) is 5.54. The lowest BCUT2D eigenvalue weighted by atomic mass is 10.0. The van der Waals surface area contributed by atoms with Gasteiger partial charge in [0.05, 0.1) is 11.0 Å². The lowest BCUT2D eigenvalue weighted by molar-refractivity contribution is 0.570. The topological polar surface area (TPSA) is 43.8 Å². The van der Waals surface area contributed by atoms with E-state index in [9.17, 15) is 0 Å². The van der Waals surface area contributed by atoms with E-state index in [-0.39, 0.29) is 0 Å². The van der Waals surface area contributed by atoms with Crippen molar-refractivity contribution < 1.29 is 0 Å². The van der Waals surface area contributed by atoms with Gasteiger partial charge in [0.1, 0.15) is 5.82 Å². The minimum atomic E-state index is 0.454. The van der Waals surface area contributed by atoms with E-state index in [2.05, 4.69) is 11.5 Å². The average Bonchev–Trinajstić information content (AvgIpc) is 3.17. The summed E-state index contributed by atoms with van der Waals surface area (Å²) in [5.41, 5.74) is 7.86. The molecule has 102 valence electrons. The number of imidazole rings is 1. The van der Waals surface area contributed by atoms with Gasteiger partial charge in [0.25, 0.3) is 0 Å². The number of rotatable bonds is 5. The van der Waals surface area contributed by atoms with E-state index in [0.29, 0.717) is 12.0 Å². The first-order valence-electron chi connectivity index (χ1n) is 7.08. The third-order valence-electron chi connectivity index (χ3n) is 3.87. The SMILES string of the molecule is CC(CCCN)c1nc2ccc(Cl)cc2n1C1CC1. The third-order valence-corrected chi connectivity index (χ3v) is 4.11. The zero-order valence-electron chi connectivity index (χ0n) is 11.3. The van der Waals surface area contributed by atoms with Crippen LogP contribution in [0.25, 0.3) is 11.0 Å². The monoisotopic (exact) mass is 277 g/mol. The van der Waals surface area contributed by atoms with E-state index in [1.54, 1.807) is 0 Å². The van der Waals surface area contributed by atoms with Crippen molar-refractivity contribution in [2.45, 2.75) is 44.6 Å². The highest BCUT2D eigenvalue weighted by Gasteiger charge is 2.29. The van der Waals surface area contributed by atoms with Crippen molar-refractivity contribution in [3.63, 3.8) is 0 Å². The average molecular weight is 278 g/mol. The van der Waals surface area contributed by atoms with Crippen molar-refractivity contribution in [3.8, 4) is 0 Å². The Morgan fingerprint density at radius 1 is 1.47 bits per heavy atom. The molecule has 2 N–H and O–H groups in total. The zero-order chi connectivity index (χ0) is 13.4. The molecule has 0 spiro atoms. The van der Waals surface area contributed by atoms with Gasteiger partial charge in [-0.05, 0) is 50.4 Å². The Bertz CT molecular complexity index is 586. The fourth-order valence-electron chi connectivity index (χ4n) is 2.70. The van der Waals surface area contributed by atoms with Crippen molar-refractivity contribution in [2.24, 2.45) is 5.73 Å². The molecule has 19 heavy (non-hydrogen) atoms. The van der Waals surface area contributed by atoms with E-state index in [0.717, 1.165) is 29.9 Å². The van der Waals surface area contributed by atoms with Crippen molar-refractivity contribution in [2.75, 3.05) is 6.54 Å². The summed E-state index contributed by atoms with van der Waals surface area (Å²) in [6.45, 7) is 3.00. The first-order chi connectivity index (χ1) is 9.20. The van der Waals surface area contributed by atoms with Crippen LogP contribution in [-0.4, -0.2) is 16.1 Å². The molecule has 1 saturated carbocycles. The van der Waals surface area contributed by atoms with Gasteiger partial charge in [0, 0.05) is 17.0 Å². The van der Waals surface area contributed by atoms with E-state index in [1.165, 1.54) is 24.2 Å². The van der Waals surface area contributed by atoms with Crippen LogP contribution in [0.2, 0.25) is 5.02 Å². The van der Waals surface area contributed by atoms with Crippen molar-refractivity contribution in [1.29, 1.82) is 0 Å². The minimum Gasteiger partial charge on any atom is -0.330 e. The summed E-state index contributed by atoms with van der Waals surface area (Å²) in [6.07, 6.45) is 4.67. The molecule has 4 heteroatoms. The molecular weight excluding hydrogens is 258 g/mol. The molecule has 1 aliphatic carbocycles. The van der Waals surface area contributed by atoms with Gasteiger partial charge in [0.2, 0.25) is 0 Å². The summed E-state index contributed by atoms with van der Waals surface area (Å²) in [4.78, 5) is 4.83. The minimum absolute atomic E-state index is 0.454. The molecule has 0 aliphatic heterocycles. The summed E-state index contributed by atoms with van der Waals surface area (Å²) in [7, 11) is 0. The molecule has 2 aromatic rings. The Morgan fingerprint density at radius 3 is 2.95 bits per heavy atom. The standard InChI is InChI=1S/C15H20ClN3/c1-10(3-2-8-17)15-18-13-7-4-11(16)9-14(13)19(15)12-5-6-12/h4,7,9-10,12H,2-3,5-6,8,17H2,1H3. The highest BCUT2D eigenvalue weighted by Crippen LogP contribution is 2.41. The highest BCUT2D eigenvalue weighted by molar-refractivity contribution is 6.31. The van der Waals surface area contributed by atoms with Crippen LogP contribution < -0.4 is 5.73 Å². The quantitative estimate of drug-likeness (QED) is 0.902. The third kappa shape index (κ3) is 2.49. The Balaban J connectivity index is 2.05. The van der Waals surface area contributed by atoms with Crippen LogP contribution in [-0.2, 0) is 0 Å². The Kier molecular flexibility index (Phi) is 3.50. The van der Waals surface area contributed by atoms with Crippen LogP contribution >= 0.6 is 11.6 Å². The molecule has 1 aromatic heterocycles. The molecule has 1 aromatic carbocycles. The number of hydrogen-bond donors (Lipinski definition) is 1. The molecular formula is C15H20ClN3. The smallest absolute Gasteiger partial charge is 0.112 e. The van der Waals surface area contributed by atoms with Crippen molar-refractivity contribution >= 4 is 22.6 Å². The fraction of sp³-hybridized carbons (Fsp3) is 0.533. The highest BCUT2D eigenvalue weighted by atomic mass is 35.5. The summed E-state index contributed by atoms with van der Waals surface area (Å²) < 4.78 is 2.41. The Labute approximate surface area is 118 Å². The van der Waals surface area contributed by atoms with Crippen molar-refractivity contribution in [1.82, 2.24) is 9.55 Å². The van der Waals surface area contributed by atoms with Gasteiger partial charge in [-0.15, -0.1) is 0 Å². The van der Waals surface area contributed by atoms with Gasteiger partial charge in [-0.2, -0.15) is 0 Å². The molecule has 3 rings (SSSR count). The Hall–Kier alpha value is -1.06. The summed E-state index contributed by atoms with van der Waals surface area (Å²) >= 11 is 6.13. The van der Waals surface area contributed by atoms with E-state index < -0.39 is 0 Å². The first kappa shape index (κ1) is 12.9. The van der Waals surface area contributed by atoms with E-state index in [4.69, 9.17) is 22.3 Å². The van der Waals surface area contributed by atoms with Crippen LogP contribution in [0, 0.1) is 0 Å². The van der Waals surface area contributed by atoms with Crippen LogP contribution in [0.3, 0.4) is 0 Å². The van der Waals surface area contributed by atoms with Gasteiger partial charge in [-0.3, -0.25) is 0 Å². The Morgan fingerprint density at radius 2 is 2.26 bits per heavy atom. The number of benzene rings is 1. The van der Waals surface area contributed by atoms with Gasteiger partial charge in [-0.1, -0.05) is 18.5 Å². The maximum atomic E-state index is 6.13. The van der Waals surface area contributed by atoms with Crippen molar-refractivity contribution in [3.05, 3.63) is 29.0 Å².